The second-order valence-corrected chi connectivity index (χ2v) is 8.38. The zero-order valence-corrected chi connectivity index (χ0v) is 18.9. The van der Waals surface area contributed by atoms with E-state index in [0.29, 0.717) is 0 Å². The van der Waals surface area contributed by atoms with E-state index in [9.17, 15) is 0 Å². The Morgan fingerprint density at radius 1 is 0.781 bits per heavy atom. The molecule has 1 aromatic heterocycles. The molecule has 0 unspecified atom stereocenters. The Morgan fingerprint density at radius 2 is 1.50 bits per heavy atom. The molecular formula is C31H27N. The van der Waals surface area contributed by atoms with Crippen LogP contribution < -0.4 is 10.4 Å². The number of allylic oxidation sites excluding steroid dienone is 1. The Kier molecular flexibility index (Phi) is 5.03. The summed E-state index contributed by atoms with van der Waals surface area (Å²) in [6.45, 7) is 10.6. The lowest BCUT2D eigenvalue weighted by molar-refractivity contribution is 1.12. The van der Waals surface area contributed by atoms with Crippen LogP contribution in [0.25, 0.3) is 44.7 Å². The molecule has 0 aliphatic carbocycles. The number of hydrogen-bond acceptors (Lipinski definition) is 0. The van der Waals surface area contributed by atoms with Crippen LogP contribution in [0.15, 0.2) is 97.6 Å². The van der Waals surface area contributed by atoms with Gasteiger partial charge in [0.15, 0.2) is 0 Å². The van der Waals surface area contributed by atoms with Gasteiger partial charge in [0, 0.05) is 27.3 Å². The number of hydrogen-bond donors (Lipinski definition) is 0. The van der Waals surface area contributed by atoms with Crippen molar-refractivity contribution in [2.75, 3.05) is 0 Å². The molecule has 0 fully saturated rings. The fourth-order valence-electron chi connectivity index (χ4n) is 4.92. The highest BCUT2D eigenvalue weighted by molar-refractivity contribution is 6.11. The highest BCUT2D eigenvalue weighted by Crippen LogP contribution is 2.39. The highest BCUT2D eigenvalue weighted by atomic mass is 15.0. The van der Waals surface area contributed by atoms with Gasteiger partial charge >= 0.3 is 0 Å². The Morgan fingerprint density at radius 3 is 2.31 bits per heavy atom. The number of nitrogens with zero attached hydrogens (tertiary/aromatic N) is 1. The molecule has 0 amide bonds. The molecule has 4 aromatic carbocycles. The Labute approximate surface area is 189 Å². The van der Waals surface area contributed by atoms with E-state index in [-0.39, 0.29) is 0 Å². The van der Waals surface area contributed by atoms with Crippen molar-refractivity contribution in [2.45, 2.75) is 20.8 Å². The van der Waals surface area contributed by atoms with E-state index in [1.165, 1.54) is 60.2 Å². The first-order chi connectivity index (χ1) is 15.6. The minimum Gasteiger partial charge on any atom is -0.312 e. The molecule has 32 heavy (non-hydrogen) atoms. The summed E-state index contributed by atoms with van der Waals surface area (Å²) in [6, 6.07) is 30.5. The maximum atomic E-state index is 3.93. The van der Waals surface area contributed by atoms with Crippen LogP contribution >= 0.6 is 0 Å². The molecule has 0 N–H and O–H groups in total. The average Bonchev–Trinajstić information content (AvgIpc) is 3.12. The normalized spacial score (nSPS) is 13.0. The lowest BCUT2D eigenvalue weighted by Gasteiger charge is -2.16. The third-order valence-electron chi connectivity index (χ3n) is 6.49. The Balaban J connectivity index is 2.07. The topological polar surface area (TPSA) is 4.93 Å². The van der Waals surface area contributed by atoms with Crippen molar-refractivity contribution < 1.29 is 0 Å². The predicted molar refractivity (Wildman–Crippen MR) is 139 cm³/mol. The van der Waals surface area contributed by atoms with Crippen molar-refractivity contribution in [1.29, 1.82) is 0 Å². The lowest BCUT2D eigenvalue weighted by Crippen LogP contribution is -2.28. The van der Waals surface area contributed by atoms with Crippen LogP contribution in [0.3, 0.4) is 0 Å². The van der Waals surface area contributed by atoms with Crippen molar-refractivity contribution in [3.05, 3.63) is 119 Å². The molecule has 156 valence electrons. The fraction of sp³-hybridized carbons (Fsp3) is 0.0968. The van der Waals surface area contributed by atoms with Gasteiger partial charge in [-0.25, -0.2) is 0 Å². The Bertz CT molecular complexity index is 1610. The maximum absolute atomic E-state index is 3.93. The van der Waals surface area contributed by atoms with E-state index in [2.05, 4.69) is 123 Å². The predicted octanol–water partition coefficient (Wildman–Crippen LogP) is 6.72. The minimum absolute atomic E-state index is 1.18. The van der Waals surface area contributed by atoms with Crippen LogP contribution in [0.4, 0.5) is 0 Å². The average molecular weight is 414 g/mol. The number of aromatic nitrogens is 1. The summed E-state index contributed by atoms with van der Waals surface area (Å²) in [5.74, 6) is 0. The fourth-order valence-corrected chi connectivity index (χ4v) is 4.92. The van der Waals surface area contributed by atoms with E-state index >= 15 is 0 Å². The molecule has 5 aromatic rings. The summed E-state index contributed by atoms with van der Waals surface area (Å²) in [7, 11) is 0. The van der Waals surface area contributed by atoms with Gasteiger partial charge in [-0.2, -0.15) is 0 Å². The van der Waals surface area contributed by atoms with E-state index < -0.39 is 0 Å². The Hall–Kier alpha value is -3.84. The zero-order valence-electron chi connectivity index (χ0n) is 18.9. The molecule has 0 spiro atoms. The summed E-state index contributed by atoms with van der Waals surface area (Å²) in [5.41, 5.74) is 7.61. The molecule has 0 radical (unpaired) electrons. The van der Waals surface area contributed by atoms with Crippen molar-refractivity contribution in [1.82, 2.24) is 4.57 Å². The second kappa shape index (κ2) is 8.01. The number of rotatable bonds is 3. The van der Waals surface area contributed by atoms with Crippen LogP contribution in [-0.4, -0.2) is 4.57 Å². The third-order valence-corrected chi connectivity index (χ3v) is 6.49. The molecule has 0 saturated carbocycles. The summed E-state index contributed by atoms with van der Waals surface area (Å²) in [6.07, 6.45) is 3.95. The van der Waals surface area contributed by atoms with Gasteiger partial charge in [-0.05, 0) is 42.5 Å². The van der Waals surface area contributed by atoms with Gasteiger partial charge in [-0.1, -0.05) is 104 Å². The quantitative estimate of drug-likeness (QED) is 0.309. The molecule has 0 atom stereocenters. The van der Waals surface area contributed by atoms with Crippen LogP contribution in [0.2, 0.25) is 0 Å². The lowest BCUT2D eigenvalue weighted by atomic mass is 10.0. The zero-order chi connectivity index (χ0) is 22.2. The van der Waals surface area contributed by atoms with Crippen LogP contribution in [0.1, 0.15) is 18.1 Å². The summed E-state index contributed by atoms with van der Waals surface area (Å²) < 4.78 is 2.48. The van der Waals surface area contributed by atoms with Crippen molar-refractivity contribution in [2.24, 2.45) is 0 Å². The molecule has 0 bridgehead atoms. The van der Waals surface area contributed by atoms with E-state index in [4.69, 9.17) is 0 Å². The maximum Gasteiger partial charge on any atom is 0.0613 e. The molecule has 1 nitrogen and oxygen atoms in total. The minimum atomic E-state index is 1.18. The monoisotopic (exact) mass is 413 g/mol. The smallest absolute Gasteiger partial charge is 0.0613 e. The third kappa shape index (κ3) is 3.09. The number of benzene rings is 4. The highest BCUT2D eigenvalue weighted by Gasteiger charge is 2.20. The van der Waals surface area contributed by atoms with E-state index in [0.717, 1.165) is 0 Å². The number of aryl methyl sites for hydroxylation is 2. The van der Waals surface area contributed by atoms with Crippen molar-refractivity contribution in [3.63, 3.8) is 0 Å². The van der Waals surface area contributed by atoms with Gasteiger partial charge in [0.25, 0.3) is 0 Å². The molecule has 1 heteroatoms. The summed E-state index contributed by atoms with van der Waals surface area (Å²) in [5, 5.41) is 6.22. The first-order valence-corrected chi connectivity index (χ1v) is 11.1. The first-order valence-electron chi connectivity index (χ1n) is 11.1. The van der Waals surface area contributed by atoms with Gasteiger partial charge < -0.3 is 4.57 Å². The summed E-state index contributed by atoms with van der Waals surface area (Å²) in [4.78, 5) is 0. The molecule has 0 aliphatic heterocycles. The van der Waals surface area contributed by atoms with Gasteiger partial charge in [-0.3, -0.25) is 0 Å². The molecule has 5 rings (SSSR count). The second-order valence-electron chi connectivity index (χ2n) is 8.38. The number of fused-ring (bicyclic) bond motifs is 3. The van der Waals surface area contributed by atoms with Gasteiger partial charge in [-0.15, -0.1) is 0 Å². The standard InChI is InChI=1S/C31H27N/c1-5-12-24-14-7-10-17-28(24)23(4)32-30(26-16-9-6-13-21(26)2)22(3)27-20-19-25-15-8-11-18-29(25)31(27)32/h5-20H,1H2,2-4H3/b24-12-,28-23+. The molecule has 0 saturated heterocycles. The van der Waals surface area contributed by atoms with Gasteiger partial charge in [0.2, 0.25) is 0 Å². The SMILES string of the molecule is C=C/C=c1/cccc/c1=C(/C)n1c(-c2ccccc2C)c(C)c2ccc3ccccc3c21. The van der Waals surface area contributed by atoms with E-state index in [1.54, 1.807) is 0 Å². The van der Waals surface area contributed by atoms with Gasteiger partial charge in [0.05, 0.1) is 11.2 Å². The molecular weight excluding hydrogens is 386 g/mol. The van der Waals surface area contributed by atoms with Gasteiger partial charge in [0.1, 0.15) is 0 Å². The van der Waals surface area contributed by atoms with Crippen molar-refractivity contribution >= 4 is 33.4 Å². The van der Waals surface area contributed by atoms with Crippen LogP contribution in [0, 0.1) is 13.8 Å². The molecule has 1 heterocycles. The largest absolute Gasteiger partial charge is 0.312 e. The summed E-state index contributed by atoms with van der Waals surface area (Å²) >= 11 is 0. The van der Waals surface area contributed by atoms with Crippen LogP contribution in [-0.2, 0) is 0 Å². The molecule has 0 aliphatic rings. The van der Waals surface area contributed by atoms with E-state index in [1.807, 2.05) is 6.08 Å². The first kappa shape index (κ1) is 20.1. The van der Waals surface area contributed by atoms with Crippen LogP contribution in [0.5, 0.6) is 0 Å². The van der Waals surface area contributed by atoms with Crippen molar-refractivity contribution in [3.8, 4) is 11.3 Å².